The number of hydrogen-bond donors (Lipinski definition) is 4. The Kier molecular flexibility index (Phi) is 27.7. The van der Waals surface area contributed by atoms with Crippen LogP contribution in [0.3, 0.4) is 0 Å². The van der Waals surface area contributed by atoms with Crippen molar-refractivity contribution in [2.24, 2.45) is 23.0 Å². The number of primary amides is 1. The number of hydrazine groups is 1. The van der Waals surface area contributed by atoms with Crippen LogP contribution in [0.4, 0.5) is 0 Å². The fraction of sp³-hybridized carbons (Fsp3) is 0.579. The molecule has 0 spiro atoms. The average molecular weight is 1120 g/mol. The van der Waals surface area contributed by atoms with Gasteiger partial charge in [-0.1, -0.05) is 78.5 Å². The van der Waals surface area contributed by atoms with Crippen LogP contribution in [-0.2, 0) is 73.3 Å². The van der Waals surface area contributed by atoms with Crippen LogP contribution >= 0.6 is 0 Å². The number of ether oxygens (including phenoxy) is 2. The molecule has 3 aliphatic rings. The summed E-state index contributed by atoms with van der Waals surface area (Å²) in [5.41, 5.74) is 18.9. The molecule has 0 radical (unpaired) electrons. The number of hydrogen-bond acceptors (Lipinski definition) is 11. The topological polar surface area (TPSA) is 213 Å². The maximum Gasteiger partial charge on any atom is 0.293 e. The van der Waals surface area contributed by atoms with E-state index in [1.807, 2.05) is 46.0 Å². The number of aromatic hydroxyl groups is 1. The molecule has 2 aromatic carbocycles. The molecule has 7 rings (SSSR count). The second-order valence-electron chi connectivity index (χ2n) is 19.9. The molecule has 2 aliphatic heterocycles. The summed E-state index contributed by atoms with van der Waals surface area (Å²) >= 11 is 0. The minimum atomic E-state index is -0.373. The van der Waals surface area contributed by atoms with E-state index in [1.54, 1.807) is 18.2 Å². The monoisotopic (exact) mass is 1120 g/mol. The van der Waals surface area contributed by atoms with Gasteiger partial charge < -0.3 is 44.8 Å². The number of likely N-dealkylation sites (tertiary alicyclic amines) is 1. The number of rotatable bonds is 26. The number of pyridine rings is 1. The molecule has 4 aromatic rings. The largest absolute Gasteiger partial charge is 0.656 e. The first-order valence-electron chi connectivity index (χ1n) is 26.5. The molecule has 3 fully saturated rings. The van der Waals surface area contributed by atoms with E-state index in [1.165, 1.54) is 0 Å². The molecule has 4 atom stereocenters. The Morgan fingerprint density at radius 2 is 1.74 bits per heavy atom. The summed E-state index contributed by atoms with van der Waals surface area (Å²) in [6, 6.07) is 16.2. The Hall–Kier alpha value is -5.02. The number of unbranched alkanes of at least 4 members (excludes halogenated alkanes) is 3. The number of benzene rings is 2. The summed E-state index contributed by atoms with van der Waals surface area (Å²) in [5.74, 6) is 0.363. The fourth-order valence-corrected chi connectivity index (χ4v) is 10.0. The van der Waals surface area contributed by atoms with E-state index in [2.05, 4.69) is 83.7 Å². The maximum absolute atomic E-state index is 12.6. The quantitative estimate of drug-likeness (QED) is 0.0154. The van der Waals surface area contributed by atoms with Crippen molar-refractivity contribution in [2.75, 3.05) is 53.5 Å². The number of amides is 3. The first-order valence-corrected chi connectivity index (χ1v) is 26.5. The van der Waals surface area contributed by atoms with Gasteiger partial charge in [-0.15, -0.1) is 0 Å². The Bertz CT molecular complexity index is 2370. The van der Waals surface area contributed by atoms with Crippen molar-refractivity contribution in [3.63, 3.8) is 0 Å². The Morgan fingerprint density at radius 3 is 2.35 bits per heavy atom. The number of phenols is 1. The smallest absolute Gasteiger partial charge is 0.293 e. The van der Waals surface area contributed by atoms with E-state index in [0.29, 0.717) is 32.5 Å². The van der Waals surface area contributed by atoms with E-state index in [-0.39, 0.29) is 73.4 Å². The molecule has 5 N–H and O–H groups in total. The van der Waals surface area contributed by atoms with Crippen molar-refractivity contribution in [1.82, 2.24) is 30.2 Å². The molecule has 74 heavy (non-hydrogen) atoms. The first kappa shape index (κ1) is 63.3. The second kappa shape index (κ2) is 32.4. The molecular weight excluding hydrogens is 1030 g/mol. The molecule has 16 nitrogen and oxygen atoms in total. The summed E-state index contributed by atoms with van der Waals surface area (Å²) in [6.45, 7) is 19.9. The van der Waals surface area contributed by atoms with Gasteiger partial charge in [0.05, 0.1) is 30.0 Å². The third-order valence-electron chi connectivity index (χ3n) is 14.0. The third kappa shape index (κ3) is 18.4. The molecule has 4 heterocycles. The van der Waals surface area contributed by atoms with E-state index in [9.17, 15) is 29.1 Å². The number of fused-ring (bicyclic) bond motifs is 1. The van der Waals surface area contributed by atoms with Crippen LogP contribution in [-0.4, -0.2) is 121 Å². The van der Waals surface area contributed by atoms with Crippen LogP contribution in [0.15, 0.2) is 54.7 Å². The number of aldehydes is 1. The van der Waals surface area contributed by atoms with Crippen molar-refractivity contribution in [3.05, 3.63) is 76.9 Å². The number of nitrogens with two attached hydrogens (primary N) is 1. The van der Waals surface area contributed by atoms with E-state index in [4.69, 9.17) is 20.2 Å². The van der Waals surface area contributed by atoms with Crippen molar-refractivity contribution in [2.45, 2.75) is 144 Å². The zero-order valence-electron chi connectivity index (χ0n) is 45.5. The minimum absolute atomic E-state index is 0. The summed E-state index contributed by atoms with van der Waals surface area (Å²) in [4.78, 5) is 64.0. The van der Waals surface area contributed by atoms with Gasteiger partial charge >= 0.3 is 0 Å². The van der Waals surface area contributed by atoms with E-state index >= 15 is 0 Å². The van der Waals surface area contributed by atoms with E-state index < -0.39 is 0 Å². The standard InChI is InChI=1S/C37H48N4O5.C15H27N3O2.C3H4NO.C2H6.Pd/c1-6-41-34-15-14-28(29-18-27(19-30(44)20-29)12-9-7-8-10-17-39-40-24-42)21-32(34)33(22-37(3,4)23-46-25-43)36(41)31-13-11-16-38-35(31)26(2)45-5;1-3-17(2)10-12-8-9-18(15(12)20)13(14(16)19)11-6-4-5-7-11;5-2-3-1-4-3;1-2;/h11,13-16,18-21,24-26,39,44H,6-10,12,17,22-23H2,1-5H3,(H,40,42);11-13H,3-10H2,1-2H3,(H2,16,19);2-3H,1H2;1-2H3;/q;;-1;;. The SMILES string of the molecule is CC.CCN(C)CC1CCN(C(C(N)=O)C2CCCC2)C1=O.CCn1c(-c2cccnc2C(C)OC)c(CC(C)(C)COC=O)c2cc(-c3cc(O)cc(CCCCCCNNC=O)c3)ccc21.O=CC1C[N-]1.[Pd]. The fourth-order valence-electron chi connectivity index (χ4n) is 10.0. The molecule has 1 saturated carbocycles. The number of nitrogens with one attached hydrogen (secondary N) is 2. The zero-order chi connectivity index (χ0) is 53.5. The van der Waals surface area contributed by atoms with Crippen molar-refractivity contribution >= 4 is 41.9 Å². The van der Waals surface area contributed by atoms with Crippen molar-refractivity contribution in [3.8, 4) is 28.1 Å². The van der Waals surface area contributed by atoms with E-state index in [0.717, 1.165) is 153 Å². The number of carbonyl (C=O) groups excluding carboxylic acids is 5. The molecule has 3 amide bonds. The van der Waals surface area contributed by atoms with Crippen LogP contribution in [0.1, 0.15) is 129 Å². The number of nitrogens with zero attached hydrogens (tertiary/aromatic N) is 5. The van der Waals surface area contributed by atoms with Gasteiger partial charge in [-0.3, -0.25) is 29.6 Å². The van der Waals surface area contributed by atoms with Gasteiger partial charge in [0.1, 0.15) is 18.1 Å². The summed E-state index contributed by atoms with van der Waals surface area (Å²) in [5, 5.41) is 15.5. The Balaban J connectivity index is 0.000000423. The molecule has 2 saturated heterocycles. The molecule has 17 heteroatoms. The molecule has 2 aromatic heterocycles. The number of carbonyl (C=O) groups is 5. The number of phenolic OH excluding ortho intramolecular Hbond substituents is 1. The minimum Gasteiger partial charge on any atom is -0.656 e. The maximum atomic E-state index is 12.6. The van der Waals surface area contributed by atoms with Gasteiger partial charge in [0.15, 0.2) is 0 Å². The van der Waals surface area contributed by atoms with Crippen molar-refractivity contribution < 1.29 is 59.0 Å². The summed E-state index contributed by atoms with van der Waals surface area (Å²) in [7, 11) is 3.72. The van der Waals surface area contributed by atoms with Crippen LogP contribution in [0, 0.1) is 17.3 Å². The van der Waals surface area contributed by atoms with Gasteiger partial charge in [0.25, 0.3) is 6.47 Å². The normalized spacial score (nSPS) is 16.9. The van der Waals surface area contributed by atoms with Gasteiger partial charge in [0, 0.05) is 81.8 Å². The van der Waals surface area contributed by atoms with Crippen LogP contribution in [0.2, 0.25) is 0 Å². The van der Waals surface area contributed by atoms with Gasteiger partial charge in [-0.2, -0.15) is 6.54 Å². The van der Waals surface area contributed by atoms with Crippen molar-refractivity contribution in [1.29, 1.82) is 0 Å². The number of aromatic nitrogens is 2. The summed E-state index contributed by atoms with van der Waals surface area (Å²) < 4.78 is 13.3. The van der Waals surface area contributed by atoms with Gasteiger partial charge in [-0.25, -0.2) is 5.43 Å². The third-order valence-corrected chi connectivity index (χ3v) is 14.0. The predicted octanol–water partition coefficient (Wildman–Crippen LogP) is 8.69. The first-order chi connectivity index (χ1) is 35.2. The average Bonchev–Trinajstić information content (AvgIpc) is 3.85. The van der Waals surface area contributed by atoms with Crippen LogP contribution in [0.5, 0.6) is 5.75 Å². The predicted molar refractivity (Wildman–Crippen MR) is 290 cm³/mol. The van der Waals surface area contributed by atoms with Gasteiger partial charge in [0.2, 0.25) is 18.2 Å². The Morgan fingerprint density at radius 1 is 1.03 bits per heavy atom. The van der Waals surface area contributed by atoms with Gasteiger partial charge in [-0.05, 0) is 137 Å². The molecular formula is C57H85N8O8Pd-. The number of methoxy groups -OCH3 is 1. The molecule has 4 unspecified atom stereocenters. The zero-order valence-corrected chi connectivity index (χ0v) is 47.0. The molecule has 1 aliphatic carbocycles. The second-order valence-corrected chi connectivity index (χ2v) is 19.9. The Labute approximate surface area is 454 Å². The summed E-state index contributed by atoms with van der Waals surface area (Å²) in [6.07, 6.45) is 14.0. The molecule has 0 bridgehead atoms. The molecule has 412 valence electrons. The number of aryl methyl sites for hydroxylation is 2. The van der Waals surface area contributed by atoms with Crippen LogP contribution < -0.4 is 16.6 Å². The van der Waals surface area contributed by atoms with Crippen LogP contribution in [0.25, 0.3) is 38.6 Å².